The van der Waals surface area contributed by atoms with Crippen molar-refractivity contribution in [2.45, 2.75) is 6.92 Å². The zero-order valence-electron chi connectivity index (χ0n) is 11.0. The second-order valence-corrected chi connectivity index (χ2v) is 5.22. The molecule has 0 aromatic heterocycles. The number of amides is 3. The highest BCUT2D eigenvalue weighted by Crippen LogP contribution is 2.31. The van der Waals surface area contributed by atoms with Crippen molar-refractivity contribution >= 4 is 34.9 Å². The quantitative estimate of drug-likeness (QED) is 0.860. The van der Waals surface area contributed by atoms with E-state index in [1.807, 2.05) is 30.3 Å². The highest BCUT2D eigenvalue weighted by atomic mass is 32.2. The Balaban J connectivity index is 2.05. The van der Waals surface area contributed by atoms with Crippen LogP contribution in [-0.4, -0.2) is 35.0 Å². The van der Waals surface area contributed by atoms with Crippen molar-refractivity contribution in [1.29, 1.82) is 0 Å². The molecule has 0 unspecified atom stereocenters. The number of imide groups is 1. The van der Waals surface area contributed by atoms with Crippen molar-refractivity contribution in [3.8, 4) is 0 Å². The molecule has 1 fully saturated rings. The number of thioether (sulfide) groups is 1. The Hall–Kier alpha value is -2.08. The van der Waals surface area contributed by atoms with Gasteiger partial charge in [-0.25, -0.2) is 0 Å². The molecule has 1 aromatic carbocycles. The Morgan fingerprint density at radius 3 is 2.65 bits per heavy atom. The summed E-state index contributed by atoms with van der Waals surface area (Å²) in [6, 6.07) is 9.35. The second kappa shape index (κ2) is 6.38. The highest BCUT2D eigenvalue weighted by Gasteiger charge is 2.34. The standard InChI is InChI=1S/C14H14N2O3S/c1-10(17)15-7-8-16-13(18)12(20-14(16)19)9-11-5-3-2-4-6-11/h2-6,9H,7-8H2,1H3,(H,15,17)/b12-9-. The third-order valence-corrected chi connectivity index (χ3v) is 3.59. The normalized spacial score (nSPS) is 16.9. The molecule has 1 N–H and O–H groups in total. The molecular formula is C14H14N2O3S. The van der Waals surface area contributed by atoms with Crippen LogP contribution in [-0.2, 0) is 9.59 Å². The molecule has 0 atom stereocenters. The van der Waals surface area contributed by atoms with Crippen LogP contribution in [0, 0.1) is 0 Å². The molecule has 1 heterocycles. The van der Waals surface area contributed by atoms with Gasteiger partial charge in [0.25, 0.3) is 11.1 Å². The summed E-state index contributed by atoms with van der Waals surface area (Å²) in [4.78, 5) is 36.2. The van der Waals surface area contributed by atoms with Crippen LogP contribution in [0.2, 0.25) is 0 Å². The van der Waals surface area contributed by atoms with E-state index in [0.29, 0.717) is 4.91 Å². The number of benzene rings is 1. The van der Waals surface area contributed by atoms with Gasteiger partial charge in [0, 0.05) is 20.0 Å². The van der Waals surface area contributed by atoms with Gasteiger partial charge in [-0.05, 0) is 23.4 Å². The fourth-order valence-corrected chi connectivity index (χ4v) is 2.60. The average molecular weight is 290 g/mol. The van der Waals surface area contributed by atoms with E-state index in [1.165, 1.54) is 6.92 Å². The first-order valence-corrected chi connectivity index (χ1v) is 6.94. The van der Waals surface area contributed by atoms with Gasteiger partial charge in [-0.3, -0.25) is 19.3 Å². The SMILES string of the molecule is CC(=O)NCCN1C(=O)S/C(=C\c2ccccc2)C1=O. The van der Waals surface area contributed by atoms with E-state index in [-0.39, 0.29) is 30.1 Å². The minimum atomic E-state index is -0.311. The van der Waals surface area contributed by atoms with Gasteiger partial charge < -0.3 is 5.32 Å². The second-order valence-electron chi connectivity index (χ2n) is 4.23. The molecule has 0 saturated carbocycles. The number of hydrogen-bond donors (Lipinski definition) is 1. The zero-order valence-corrected chi connectivity index (χ0v) is 11.8. The number of nitrogens with zero attached hydrogens (tertiary/aromatic N) is 1. The molecule has 5 nitrogen and oxygen atoms in total. The number of rotatable bonds is 4. The lowest BCUT2D eigenvalue weighted by atomic mass is 10.2. The predicted octanol–water partition coefficient (Wildman–Crippen LogP) is 1.86. The van der Waals surface area contributed by atoms with E-state index in [1.54, 1.807) is 6.08 Å². The van der Waals surface area contributed by atoms with Gasteiger partial charge in [0.1, 0.15) is 0 Å². The maximum absolute atomic E-state index is 12.1. The average Bonchev–Trinajstić information content (AvgIpc) is 2.67. The molecule has 1 aliphatic rings. The van der Waals surface area contributed by atoms with E-state index in [2.05, 4.69) is 5.32 Å². The third-order valence-electron chi connectivity index (χ3n) is 2.68. The summed E-state index contributed by atoms with van der Waals surface area (Å²) in [5.41, 5.74) is 0.875. The molecule has 6 heteroatoms. The molecule has 0 radical (unpaired) electrons. The molecule has 0 aliphatic carbocycles. The first kappa shape index (κ1) is 14.3. The fraction of sp³-hybridized carbons (Fsp3) is 0.214. The topological polar surface area (TPSA) is 66.5 Å². The molecule has 20 heavy (non-hydrogen) atoms. The number of carbonyl (C=O) groups excluding carboxylic acids is 3. The molecule has 104 valence electrons. The Labute approximate surface area is 121 Å². The Bertz CT molecular complexity index is 569. The predicted molar refractivity (Wildman–Crippen MR) is 77.8 cm³/mol. The van der Waals surface area contributed by atoms with Crippen LogP contribution >= 0.6 is 11.8 Å². The van der Waals surface area contributed by atoms with Gasteiger partial charge in [-0.15, -0.1) is 0 Å². The van der Waals surface area contributed by atoms with Crippen LogP contribution in [0.15, 0.2) is 35.2 Å². The van der Waals surface area contributed by atoms with Crippen LogP contribution in [0.3, 0.4) is 0 Å². The molecule has 0 spiro atoms. The lowest BCUT2D eigenvalue weighted by Gasteiger charge is -2.12. The summed E-state index contributed by atoms with van der Waals surface area (Å²) in [6.45, 7) is 1.85. The monoisotopic (exact) mass is 290 g/mol. The minimum Gasteiger partial charge on any atom is -0.355 e. The van der Waals surface area contributed by atoms with Gasteiger partial charge in [0.05, 0.1) is 4.91 Å². The smallest absolute Gasteiger partial charge is 0.293 e. The molecule has 1 aromatic rings. The van der Waals surface area contributed by atoms with E-state index >= 15 is 0 Å². The van der Waals surface area contributed by atoms with Gasteiger partial charge in [-0.1, -0.05) is 30.3 Å². The first-order valence-electron chi connectivity index (χ1n) is 6.13. The van der Waals surface area contributed by atoms with E-state index in [0.717, 1.165) is 22.2 Å². The van der Waals surface area contributed by atoms with Crippen molar-refractivity contribution in [2.24, 2.45) is 0 Å². The molecule has 3 amide bonds. The van der Waals surface area contributed by atoms with Crippen LogP contribution in [0.5, 0.6) is 0 Å². The van der Waals surface area contributed by atoms with Crippen LogP contribution in [0.25, 0.3) is 6.08 Å². The zero-order chi connectivity index (χ0) is 14.5. The maximum atomic E-state index is 12.1. The Morgan fingerprint density at radius 1 is 1.30 bits per heavy atom. The Morgan fingerprint density at radius 2 is 2.00 bits per heavy atom. The summed E-state index contributed by atoms with van der Waals surface area (Å²) in [6.07, 6.45) is 1.70. The van der Waals surface area contributed by atoms with Gasteiger partial charge in [-0.2, -0.15) is 0 Å². The summed E-state index contributed by atoms with van der Waals surface area (Å²) in [5.74, 6) is -0.494. The maximum Gasteiger partial charge on any atom is 0.293 e. The number of nitrogens with one attached hydrogen (secondary N) is 1. The van der Waals surface area contributed by atoms with Gasteiger partial charge >= 0.3 is 0 Å². The van der Waals surface area contributed by atoms with Gasteiger partial charge in [0.2, 0.25) is 5.91 Å². The molecule has 1 aliphatic heterocycles. The summed E-state index contributed by atoms with van der Waals surface area (Å²) < 4.78 is 0. The number of hydrogen-bond acceptors (Lipinski definition) is 4. The molecule has 1 saturated heterocycles. The third kappa shape index (κ3) is 3.48. The van der Waals surface area contributed by atoms with E-state index < -0.39 is 0 Å². The van der Waals surface area contributed by atoms with Gasteiger partial charge in [0.15, 0.2) is 0 Å². The van der Waals surface area contributed by atoms with Crippen LogP contribution in [0.4, 0.5) is 4.79 Å². The van der Waals surface area contributed by atoms with Crippen molar-refractivity contribution in [2.75, 3.05) is 13.1 Å². The van der Waals surface area contributed by atoms with E-state index in [4.69, 9.17) is 0 Å². The minimum absolute atomic E-state index is 0.184. The lowest BCUT2D eigenvalue weighted by molar-refractivity contribution is -0.123. The van der Waals surface area contributed by atoms with Crippen molar-refractivity contribution < 1.29 is 14.4 Å². The van der Waals surface area contributed by atoms with E-state index in [9.17, 15) is 14.4 Å². The molecule has 0 bridgehead atoms. The number of carbonyl (C=O) groups is 3. The molecular weight excluding hydrogens is 276 g/mol. The summed E-state index contributed by atoms with van der Waals surface area (Å²) >= 11 is 0.921. The highest BCUT2D eigenvalue weighted by molar-refractivity contribution is 8.18. The van der Waals surface area contributed by atoms with Crippen molar-refractivity contribution in [3.05, 3.63) is 40.8 Å². The fourth-order valence-electron chi connectivity index (χ4n) is 1.74. The largest absolute Gasteiger partial charge is 0.355 e. The van der Waals surface area contributed by atoms with Crippen molar-refractivity contribution in [3.63, 3.8) is 0 Å². The van der Waals surface area contributed by atoms with Crippen LogP contribution < -0.4 is 5.32 Å². The van der Waals surface area contributed by atoms with Crippen molar-refractivity contribution in [1.82, 2.24) is 10.2 Å². The van der Waals surface area contributed by atoms with Crippen LogP contribution in [0.1, 0.15) is 12.5 Å². The first-order chi connectivity index (χ1) is 9.58. The molecule has 2 rings (SSSR count). The summed E-state index contributed by atoms with van der Waals surface area (Å²) in [7, 11) is 0. The summed E-state index contributed by atoms with van der Waals surface area (Å²) in [5, 5.41) is 2.26. The Kier molecular flexibility index (Phi) is 4.57. The lowest BCUT2D eigenvalue weighted by Crippen LogP contribution is -2.36.